The van der Waals surface area contributed by atoms with Crippen LogP contribution in [0.15, 0.2) is 22.7 Å². The average Bonchev–Trinajstić information content (AvgIpc) is 2.79. The largest absolute Gasteiger partial charge is 0.416 e. The van der Waals surface area contributed by atoms with Crippen molar-refractivity contribution in [1.29, 1.82) is 0 Å². The molecule has 0 heterocycles. The van der Waals surface area contributed by atoms with Gasteiger partial charge in [-0.3, -0.25) is 4.79 Å². The predicted molar refractivity (Wildman–Crippen MR) is 70.5 cm³/mol. The molecule has 2 atom stereocenters. The molecule has 1 saturated carbocycles. The normalized spacial score (nSPS) is 25.2. The van der Waals surface area contributed by atoms with E-state index in [-0.39, 0.29) is 10.3 Å². The molecule has 1 aliphatic rings. The molecule has 2 unspecified atom stereocenters. The molecule has 104 valence electrons. The molecule has 19 heavy (non-hydrogen) atoms. The van der Waals surface area contributed by atoms with Crippen LogP contribution in [0.3, 0.4) is 0 Å². The molecule has 0 radical (unpaired) electrons. The van der Waals surface area contributed by atoms with Gasteiger partial charge in [0.05, 0.1) is 11.5 Å². The summed E-state index contributed by atoms with van der Waals surface area (Å²) in [5, 5.41) is 0. The van der Waals surface area contributed by atoms with Crippen LogP contribution in [0.25, 0.3) is 0 Å². The maximum Gasteiger partial charge on any atom is 0.416 e. The Morgan fingerprint density at radius 2 is 1.89 bits per heavy atom. The van der Waals surface area contributed by atoms with Crippen LogP contribution in [0.5, 0.6) is 0 Å². The van der Waals surface area contributed by atoms with E-state index in [4.69, 9.17) is 23.2 Å². The summed E-state index contributed by atoms with van der Waals surface area (Å²) in [5.41, 5.74) is -0.484. The zero-order valence-electron chi connectivity index (χ0n) is 9.56. The lowest BCUT2D eigenvalue weighted by Crippen LogP contribution is -2.06. The van der Waals surface area contributed by atoms with Crippen LogP contribution in [-0.2, 0) is 11.0 Å². The molecule has 0 bridgehead atoms. The van der Waals surface area contributed by atoms with Crippen LogP contribution in [0.1, 0.15) is 24.0 Å². The lowest BCUT2D eigenvalue weighted by atomic mass is 10.0. The van der Waals surface area contributed by atoms with E-state index in [1.807, 2.05) is 0 Å². The van der Waals surface area contributed by atoms with E-state index in [1.165, 1.54) is 13.0 Å². The van der Waals surface area contributed by atoms with Gasteiger partial charge < -0.3 is 0 Å². The number of ketones is 1. The smallest absolute Gasteiger partial charge is 0.300 e. The SMILES string of the molecule is CC(=O)C1C(c2cc(Br)cc(C(F)(F)F)c2)C1(Cl)Cl. The molecule has 2 rings (SSSR count). The Hall–Kier alpha value is -0.260. The number of carbonyl (C=O) groups is 1. The second-order valence-corrected chi connectivity index (χ2v) is 6.87. The molecule has 0 amide bonds. The minimum Gasteiger partial charge on any atom is -0.300 e. The van der Waals surface area contributed by atoms with E-state index < -0.39 is 27.9 Å². The Labute approximate surface area is 126 Å². The van der Waals surface area contributed by atoms with Crippen LogP contribution in [-0.4, -0.2) is 10.1 Å². The molecule has 1 nitrogen and oxygen atoms in total. The summed E-state index contributed by atoms with van der Waals surface area (Å²) in [6.07, 6.45) is -4.46. The van der Waals surface area contributed by atoms with Gasteiger partial charge in [0, 0.05) is 10.4 Å². The summed E-state index contributed by atoms with van der Waals surface area (Å²) in [5.74, 6) is -1.50. The third-order valence-electron chi connectivity index (χ3n) is 3.10. The number of alkyl halides is 5. The summed E-state index contributed by atoms with van der Waals surface area (Å²) in [6.45, 7) is 1.33. The molecular formula is C12H8BrCl2F3O. The zero-order chi connectivity index (χ0) is 14.6. The Morgan fingerprint density at radius 1 is 1.32 bits per heavy atom. The van der Waals surface area contributed by atoms with Crippen molar-refractivity contribution < 1.29 is 18.0 Å². The maximum absolute atomic E-state index is 12.7. The maximum atomic E-state index is 12.7. The fraction of sp³-hybridized carbons (Fsp3) is 0.417. The first-order valence-corrected chi connectivity index (χ1v) is 6.86. The van der Waals surface area contributed by atoms with Crippen molar-refractivity contribution in [3.8, 4) is 0 Å². The Morgan fingerprint density at radius 3 is 2.32 bits per heavy atom. The lowest BCUT2D eigenvalue weighted by Gasteiger charge is -2.10. The summed E-state index contributed by atoms with van der Waals surface area (Å²) in [4.78, 5) is 11.4. The van der Waals surface area contributed by atoms with Gasteiger partial charge in [0.2, 0.25) is 0 Å². The van der Waals surface area contributed by atoms with Crippen molar-refractivity contribution in [1.82, 2.24) is 0 Å². The fourth-order valence-electron chi connectivity index (χ4n) is 2.20. The number of hydrogen-bond donors (Lipinski definition) is 0. The predicted octanol–water partition coefficient (Wildman–Crippen LogP) is 4.94. The first kappa shape index (κ1) is 15.1. The van der Waals surface area contributed by atoms with Gasteiger partial charge in [0.1, 0.15) is 10.1 Å². The van der Waals surface area contributed by atoms with Crippen LogP contribution in [0.4, 0.5) is 13.2 Å². The summed E-state index contributed by atoms with van der Waals surface area (Å²) in [7, 11) is 0. The molecule has 0 N–H and O–H groups in total. The lowest BCUT2D eigenvalue weighted by molar-refractivity contribution is -0.137. The monoisotopic (exact) mass is 374 g/mol. The van der Waals surface area contributed by atoms with E-state index in [0.29, 0.717) is 5.56 Å². The van der Waals surface area contributed by atoms with Crippen molar-refractivity contribution in [2.45, 2.75) is 23.4 Å². The van der Waals surface area contributed by atoms with Gasteiger partial charge in [-0.1, -0.05) is 15.9 Å². The topological polar surface area (TPSA) is 17.1 Å². The molecule has 1 aliphatic carbocycles. The summed E-state index contributed by atoms with van der Waals surface area (Å²) >= 11 is 15.0. The van der Waals surface area contributed by atoms with Gasteiger partial charge in [0.15, 0.2) is 0 Å². The number of carbonyl (C=O) groups excluding carboxylic acids is 1. The molecule has 7 heteroatoms. The second kappa shape index (κ2) is 4.64. The number of rotatable bonds is 2. The Balaban J connectivity index is 2.43. The minimum absolute atomic E-state index is 0.233. The highest BCUT2D eigenvalue weighted by Crippen LogP contribution is 2.65. The van der Waals surface area contributed by atoms with Crippen LogP contribution >= 0.6 is 39.1 Å². The molecule has 1 aromatic rings. The van der Waals surface area contributed by atoms with Crippen molar-refractivity contribution in [3.05, 3.63) is 33.8 Å². The van der Waals surface area contributed by atoms with E-state index in [1.54, 1.807) is 0 Å². The van der Waals surface area contributed by atoms with Crippen molar-refractivity contribution in [2.75, 3.05) is 0 Å². The van der Waals surface area contributed by atoms with Gasteiger partial charge in [-0.25, -0.2) is 0 Å². The van der Waals surface area contributed by atoms with E-state index in [2.05, 4.69) is 15.9 Å². The highest BCUT2D eigenvalue weighted by Gasteiger charge is 2.66. The highest BCUT2D eigenvalue weighted by molar-refractivity contribution is 9.10. The highest BCUT2D eigenvalue weighted by atomic mass is 79.9. The molecular weight excluding hydrogens is 368 g/mol. The van der Waals surface area contributed by atoms with Crippen molar-refractivity contribution in [2.24, 2.45) is 5.92 Å². The summed E-state index contributed by atoms with van der Waals surface area (Å²) in [6, 6.07) is 3.46. The number of hydrogen-bond acceptors (Lipinski definition) is 1. The zero-order valence-corrected chi connectivity index (χ0v) is 12.7. The standard InChI is InChI=1S/C12H8BrCl2F3O/c1-5(19)9-10(11(9,14)15)6-2-7(12(16,17)18)4-8(13)3-6/h2-4,9-10H,1H3. The van der Waals surface area contributed by atoms with E-state index in [9.17, 15) is 18.0 Å². The number of benzene rings is 1. The van der Waals surface area contributed by atoms with Gasteiger partial charge in [-0.15, -0.1) is 23.2 Å². The average molecular weight is 376 g/mol. The molecule has 0 aliphatic heterocycles. The van der Waals surface area contributed by atoms with E-state index in [0.717, 1.165) is 12.1 Å². The minimum atomic E-state index is -4.46. The van der Waals surface area contributed by atoms with Crippen LogP contribution < -0.4 is 0 Å². The molecule has 1 fully saturated rings. The Kier molecular flexibility index (Phi) is 3.69. The Bertz CT molecular complexity index is 542. The molecule has 0 saturated heterocycles. The molecule has 0 aromatic heterocycles. The molecule has 0 spiro atoms. The van der Waals surface area contributed by atoms with Gasteiger partial charge in [0.25, 0.3) is 0 Å². The van der Waals surface area contributed by atoms with E-state index >= 15 is 0 Å². The first-order valence-electron chi connectivity index (χ1n) is 5.31. The fourth-order valence-corrected chi connectivity index (χ4v) is 3.65. The quantitative estimate of drug-likeness (QED) is 0.669. The third kappa shape index (κ3) is 2.78. The third-order valence-corrected chi connectivity index (χ3v) is 4.50. The second-order valence-electron chi connectivity index (χ2n) is 4.51. The van der Waals surface area contributed by atoms with Gasteiger partial charge >= 0.3 is 6.18 Å². The van der Waals surface area contributed by atoms with Gasteiger partial charge in [-0.2, -0.15) is 13.2 Å². The van der Waals surface area contributed by atoms with Crippen LogP contribution in [0.2, 0.25) is 0 Å². The summed E-state index contributed by atoms with van der Waals surface area (Å²) < 4.78 is 37.1. The molecule has 1 aromatic carbocycles. The van der Waals surface area contributed by atoms with Crippen LogP contribution in [0, 0.1) is 5.92 Å². The van der Waals surface area contributed by atoms with Crippen molar-refractivity contribution in [3.63, 3.8) is 0 Å². The van der Waals surface area contributed by atoms with Crippen molar-refractivity contribution >= 4 is 44.9 Å². The number of Topliss-reactive ketones (excluding diaryl/α,β-unsaturated/α-hetero) is 1. The number of halogens is 6. The van der Waals surface area contributed by atoms with Gasteiger partial charge in [-0.05, 0) is 30.7 Å². The first-order chi connectivity index (χ1) is 8.55.